The van der Waals surface area contributed by atoms with Crippen molar-refractivity contribution in [3.05, 3.63) is 65.6 Å². The molecular formula is C17H13FN2O5S. The zero-order valence-corrected chi connectivity index (χ0v) is 14.0. The molecule has 9 heteroatoms. The number of hydrogen-bond acceptors (Lipinski definition) is 4. The second kappa shape index (κ2) is 6.60. The fourth-order valence-electron chi connectivity index (χ4n) is 2.64. The van der Waals surface area contributed by atoms with E-state index in [1.165, 1.54) is 18.2 Å². The zero-order valence-electron chi connectivity index (χ0n) is 13.2. The van der Waals surface area contributed by atoms with E-state index in [9.17, 15) is 22.4 Å². The highest BCUT2D eigenvalue weighted by Crippen LogP contribution is 2.27. The number of carbonyl (C=O) groups is 2. The summed E-state index contributed by atoms with van der Waals surface area (Å²) >= 11 is 0. The molecule has 0 atom stereocenters. The maximum atomic E-state index is 13.9. The lowest BCUT2D eigenvalue weighted by molar-refractivity contribution is 0.112. The fraction of sp³-hybridized carbons (Fsp3) is 0.0588. The molecule has 0 saturated carbocycles. The normalized spacial score (nSPS) is 11.4. The van der Waals surface area contributed by atoms with Crippen molar-refractivity contribution < 1.29 is 27.5 Å². The van der Waals surface area contributed by atoms with Crippen LogP contribution in [0.25, 0.3) is 10.9 Å². The minimum Gasteiger partial charge on any atom is -0.465 e. The van der Waals surface area contributed by atoms with Gasteiger partial charge in [-0.1, -0.05) is 18.2 Å². The number of nitrogens with zero attached hydrogens (tertiary/aromatic N) is 1. The molecule has 0 aliphatic carbocycles. The van der Waals surface area contributed by atoms with E-state index in [4.69, 9.17) is 5.11 Å². The molecular weight excluding hydrogens is 363 g/mol. The Morgan fingerprint density at radius 3 is 2.50 bits per heavy atom. The summed E-state index contributed by atoms with van der Waals surface area (Å²) in [6.45, 7) is -0.311. The van der Waals surface area contributed by atoms with Crippen LogP contribution in [0.5, 0.6) is 0 Å². The first-order chi connectivity index (χ1) is 12.3. The monoisotopic (exact) mass is 376 g/mol. The second-order valence-corrected chi connectivity index (χ2v) is 7.21. The van der Waals surface area contributed by atoms with Gasteiger partial charge in [-0.05, 0) is 30.3 Å². The molecule has 0 saturated heterocycles. The molecule has 0 aliphatic heterocycles. The van der Waals surface area contributed by atoms with Crippen LogP contribution >= 0.6 is 0 Å². The number of carbonyl (C=O) groups excluding carboxylic acids is 1. The fourth-order valence-corrected chi connectivity index (χ4v) is 4.19. The number of amides is 1. The van der Waals surface area contributed by atoms with Crippen LogP contribution in [0.15, 0.2) is 53.4 Å². The third-order valence-corrected chi connectivity index (χ3v) is 5.56. The quantitative estimate of drug-likeness (QED) is 0.666. The van der Waals surface area contributed by atoms with Crippen LogP contribution in [-0.4, -0.2) is 29.9 Å². The maximum absolute atomic E-state index is 13.9. The van der Waals surface area contributed by atoms with Crippen molar-refractivity contribution >= 4 is 33.3 Å². The molecule has 7 nitrogen and oxygen atoms in total. The molecule has 0 aliphatic rings. The van der Waals surface area contributed by atoms with Crippen molar-refractivity contribution in [1.82, 2.24) is 9.29 Å². The van der Waals surface area contributed by atoms with Gasteiger partial charge in [0.1, 0.15) is 5.82 Å². The molecule has 1 amide bonds. The van der Waals surface area contributed by atoms with Gasteiger partial charge in [0, 0.05) is 5.39 Å². The van der Waals surface area contributed by atoms with E-state index < -0.39 is 21.9 Å². The van der Waals surface area contributed by atoms with Gasteiger partial charge in [-0.3, -0.25) is 4.79 Å². The average molecular weight is 376 g/mol. The lowest BCUT2D eigenvalue weighted by Crippen LogP contribution is -2.24. The summed E-state index contributed by atoms with van der Waals surface area (Å²) in [5, 5.41) is 11.1. The van der Waals surface area contributed by atoms with Gasteiger partial charge in [-0.2, -0.15) is 0 Å². The number of benzene rings is 2. The molecule has 2 N–H and O–H groups in total. The molecule has 3 aromatic rings. The lowest BCUT2D eigenvalue weighted by Gasteiger charge is -2.12. The molecule has 26 heavy (non-hydrogen) atoms. The first-order valence-corrected chi connectivity index (χ1v) is 8.85. The van der Waals surface area contributed by atoms with E-state index in [1.54, 1.807) is 18.2 Å². The summed E-state index contributed by atoms with van der Waals surface area (Å²) in [5.74, 6) is -0.792. The van der Waals surface area contributed by atoms with Crippen LogP contribution in [0.3, 0.4) is 0 Å². The lowest BCUT2D eigenvalue weighted by atomic mass is 10.1. The third kappa shape index (κ3) is 3.04. The van der Waals surface area contributed by atoms with E-state index in [-0.39, 0.29) is 39.9 Å². The van der Waals surface area contributed by atoms with Crippen LogP contribution in [0.2, 0.25) is 0 Å². The predicted molar refractivity (Wildman–Crippen MR) is 91.2 cm³/mol. The largest absolute Gasteiger partial charge is 0.465 e. The number of aromatic nitrogens is 1. The first-order valence-electron chi connectivity index (χ1n) is 7.41. The molecule has 0 unspecified atom stereocenters. The van der Waals surface area contributed by atoms with E-state index in [1.807, 2.05) is 0 Å². The van der Waals surface area contributed by atoms with Gasteiger partial charge < -0.3 is 10.4 Å². The third-order valence-electron chi connectivity index (χ3n) is 3.78. The van der Waals surface area contributed by atoms with Gasteiger partial charge in [0.2, 0.25) is 0 Å². The number of halogens is 1. The summed E-state index contributed by atoms with van der Waals surface area (Å²) in [5.41, 5.74) is -0.119. The Labute approximate surface area is 147 Å². The van der Waals surface area contributed by atoms with Crippen LogP contribution in [0, 0.1) is 5.82 Å². The molecule has 1 heterocycles. The summed E-state index contributed by atoms with van der Waals surface area (Å²) in [7, 11) is -4.09. The van der Waals surface area contributed by atoms with Crippen LogP contribution in [0.1, 0.15) is 16.1 Å². The van der Waals surface area contributed by atoms with Crippen molar-refractivity contribution in [2.24, 2.45) is 0 Å². The van der Waals surface area contributed by atoms with Crippen molar-refractivity contribution in [2.45, 2.75) is 11.4 Å². The number of carboxylic acid groups (broad SMARTS) is 1. The van der Waals surface area contributed by atoms with Crippen molar-refractivity contribution in [2.75, 3.05) is 0 Å². The molecule has 0 fully saturated rings. The van der Waals surface area contributed by atoms with Crippen molar-refractivity contribution in [3.63, 3.8) is 0 Å². The number of nitrogens with one attached hydrogen (secondary N) is 1. The smallest absolute Gasteiger partial charge is 0.404 e. The first kappa shape index (κ1) is 17.6. The maximum Gasteiger partial charge on any atom is 0.404 e. The van der Waals surface area contributed by atoms with Gasteiger partial charge in [-0.25, -0.2) is 21.6 Å². The Kier molecular flexibility index (Phi) is 4.47. The van der Waals surface area contributed by atoms with Crippen molar-refractivity contribution in [1.29, 1.82) is 0 Å². The highest BCUT2D eigenvalue weighted by atomic mass is 32.2. The van der Waals surface area contributed by atoms with E-state index in [2.05, 4.69) is 5.32 Å². The van der Waals surface area contributed by atoms with E-state index in [0.29, 0.717) is 0 Å². The van der Waals surface area contributed by atoms with Gasteiger partial charge in [0.05, 0.1) is 28.2 Å². The Balaban J connectivity index is 2.31. The Bertz CT molecular complexity index is 1110. The zero-order chi connectivity index (χ0) is 18.9. The van der Waals surface area contributed by atoms with Gasteiger partial charge in [0.15, 0.2) is 6.29 Å². The number of aldehydes is 1. The summed E-state index contributed by atoms with van der Waals surface area (Å²) in [4.78, 5) is 21.8. The summed E-state index contributed by atoms with van der Waals surface area (Å²) in [6.07, 6.45) is -1.05. The highest BCUT2D eigenvalue weighted by molar-refractivity contribution is 7.90. The Morgan fingerprint density at radius 1 is 1.19 bits per heavy atom. The molecule has 134 valence electrons. The topological polar surface area (TPSA) is 105 Å². The standard InChI is InChI=1S/C17H13FN2O5S/c18-15-7-11-6-13(9-19-17(22)23)20(16(11)8-12(15)10-21)26(24,25)14-4-2-1-3-5-14/h1-8,10,19H,9H2,(H,22,23). The molecule has 3 rings (SSSR count). The van der Waals surface area contributed by atoms with Crippen LogP contribution < -0.4 is 5.32 Å². The Hall–Kier alpha value is -3.20. The minimum absolute atomic E-state index is 0.0222. The van der Waals surface area contributed by atoms with Gasteiger partial charge >= 0.3 is 6.09 Å². The van der Waals surface area contributed by atoms with E-state index >= 15 is 0 Å². The van der Waals surface area contributed by atoms with Crippen LogP contribution in [-0.2, 0) is 16.6 Å². The predicted octanol–water partition coefficient (Wildman–Crippen LogP) is 2.60. The van der Waals surface area contributed by atoms with Crippen molar-refractivity contribution in [3.8, 4) is 0 Å². The molecule has 2 aromatic carbocycles. The van der Waals surface area contributed by atoms with Crippen LogP contribution in [0.4, 0.5) is 9.18 Å². The van der Waals surface area contributed by atoms with Gasteiger partial charge in [0.25, 0.3) is 10.0 Å². The molecule has 0 bridgehead atoms. The number of rotatable bonds is 5. The SMILES string of the molecule is O=Cc1cc2c(cc1F)cc(CNC(=O)O)n2S(=O)(=O)c1ccccc1. The number of fused-ring (bicyclic) bond motifs is 1. The highest BCUT2D eigenvalue weighted by Gasteiger charge is 2.24. The molecule has 0 spiro atoms. The average Bonchev–Trinajstić information content (AvgIpc) is 2.97. The number of hydrogen-bond donors (Lipinski definition) is 2. The molecule has 0 radical (unpaired) electrons. The summed E-state index contributed by atoms with van der Waals surface area (Å²) in [6, 6.07) is 11.1. The second-order valence-electron chi connectivity index (χ2n) is 5.43. The van der Waals surface area contributed by atoms with E-state index in [0.717, 1.165) is 16.1 Å². The Morgan fingerprint density at radius 2 is 1.88 bits per heavy atom. The van der Waals surface area contributed by atoms with Gasteiger partial charge in [-0.15, -0.1) is 0 Å². The molecule has 1 aromatic heterocycles. The summed E-state index contributed by atoms with van der Waals surface area (Å²) < 4.78 is 40.9. The minimum atomic E-state index is -4.09.